The Morgan fingerprint density at radius 3 is 2.37 bits per heavy atom. The first kappa shape index (κ1) is 18.4. The van der Waals surface area contributed by atoms with Gasteiger partial charge < -0.3 is 15.2 Å². The molecule has 0 aromatic carbocycles. The lowest BCUT2D eigenvalue weighted by atomic mass is 9.96. The lowest BCUT2D eigenvalue weighted by Crippen LogP contribution is -2.48. The van der Waals surface area contributed by atoms with Crippen molar-refractivity contribution >= 4 is 5.97 Å². The number of unbranched alkanes of at least 4 members (excludes halogenated alkanes) is 5. The Balaban J connectivity index is 3.64. The van der Waals surface area contributed by atoms with E-state index in [0.29, 0.717) is 6.42 Å². The van der Waals surface area contributed by atoms with Crippen LogP contribution in [0.3, 0.4) is 0 Å². The Hall–Kier alpha value is -0.610. The number of ether oxygens (including phenoxy) is 2. The van der Waals surface area contributed by atoms with Crippen LogP contribution in [-0.2, 0) is 14.3 Å². The number of nitrogens with two attached hydrogens (primary N) is 1. The summed E-state index contributed by atoms with van der Waals surface area (Å²) in [5.74, 6) is -0.387. The van der Waals surface area contributed by atoms with E-state index in [2.05, 4.69) is 11.7 Å². The largest absolute Gasteiger partial charge is 0.468 e. The summed E-state index contributed by atoms with van der Waals surface area (Å²) in [7, 11) is 1.36. The molecule has 0 saturated carbocycles. The van der Waals surface area contributed by atoms with Gasteiger partial charge >= 0.3 is 5.97 Å². The van der Waals surface area contributed by atoms with E-state index >= 15 is 0 Å². The molecule has 0 fully saturated rings. The highest BCUT2D eigenvalue weighted by atomic mass is 16.5. The lowest BCUT2D eigenvalue weighted by Gasteiger charge is -2.25. The first-order valence-corrected chi connectivity index (χ1v) is 7.43. The summed E-state index contributed by atoms with van der Waals surface area (Å²) in [6.07, 6.45) is 7.94. The van der Waals surface area contributed by atoms with Gasteiger partial charge in [0.1, 0.15) is 5.54 Å². The molecule has 114 valence electrons. The van der Waals surface area contributed by atoms with Crippen molar-refractivity contribution in [3.63, 3.8) is 0 Å². The molecular formula is C15H31NO3. The Morgan fingerprint density at radius 1 is 1.21 bits per heavy atom. The molecule has 0 aromatic rings. The van der Waals surface area contributed by atoms with Gasteiger partial charge in [0.2, 0.25) is 0 Å². The van der Waals surface area contributed by atoms with E-state index in [9.17, 15) is 4.79 Å². The number of rotatable bonds is 11. The van der Waals surface area contributed by atoms with Gasteiger partial charge in [0, 0.05) is 13.0 Å². The summed E-state index contributed by atoms with van der Waals surface area (Å²) in [5.41, 5.74) is 4.94. The van der Waals surface area contributed by atoms with Gasteiger partial charge in [0.05, 0.1) is 13.2 Å². The molecule has 0 spiro atoms. The zero-order valence-corrected chi connectivity index (χ0v) is 13.0. The molecule has 0 bridgehead atoms. The number of esters is 1. The van der Waals surface area contributed by atoms with Crippen molar-refractivity contribution in [3.8, 4) is 0 Å². The number of carbonyl (C=O) groups excluding carboxylic acids is 1. The minimum absolute atomic E-state index is 0.0234. The van der Waals surface area contributed by atoms with Crippen LogP contribution in [0.2, 0.25) is 0 Å². The molecule has 19 heavy (non-hydrogen) atoms. The second kappa shape index (κ2) is 10.2. The molecule has 0 aliphatic rings. The van der Waals surface area contributed by atoms with Crippen molar-refractivity contribution in [2.75, 3.05) is 13.7 Å². The summed E-state index contributed by atoms with van der Waals surface area (Å²) in [5, 5.41) is 0. The molecule has 0 aliphatic carbocycles. The van der Waals surface area contributed by atoms with Crippen LogP contribution in [0.25, 0.3) is 0 Å². The summed E-state index contributed by atoms with van der Waals surface area (Å²) < 4.78 is 10.4. The van der Waals surface area contributed by atoms with Crippen LogP contribution in [0.5, 0.6) is 0 Å². The van der Waals surface area contributed by atoms with E-state index in [1.165, 1.54) is 39.2 Å². The third kappa shape index (κ3) is 9.00. The Morgan fingerprint density at radius 2 is 1.79 bits per heavy atom. The van der Waals surface area contributed by atoms with Crippen LogP contribution in [-0.4, -0.2) is 31.3 Å². The Kier molecular flexibility index (Phi) is 9.88. The van der Waals surface area contributed by atoms with Crippen molar-refractivity contribution in [2.45, 2.75) is 77.4 Å². The maximum atomic E-state index is 11.4. The Bertz CT molecular complexity index is 242. The number of hydrogen-bond acceptors (Lipinski definition) is 4. The van der Waals surface area contributed by atoms with Crippen molar-refractivity contribution < 1.29 is 14.3 Å². The highest BCUT2D eigenvalue weighted by Crippen LogP contribution is 2.14. The summed E-state index contributed by atoms with van der Waals surface area (Å²) in [6.45, 7) is 6.59. The highest BCUT2D eigenvalue weighted by molar-refractivity contribution is 5.79. The molecule has 2 atom stereocenters. The van der Waals surface area contributed by atoms with Gasteiger partial charge in [0.15, 0.2) is 0 Å². The van der Waals surface area contributed by atoms with Crippen molar-refractivity contribution in [1.29, 1.82) is 0 Å². The predicted molar refractivity (Wildman–Crippen MR) is 78.0 cm³/mol. The van der Waals surface area contributed by atoms with Gasteiger partial charge in [-0.15, -0.1) is 0 Å². The molecule has 2 N–H and O–H groups in total. The topological polar surface area (TPSA) is 61.5 Å². The van der Waals surface area contributed by atoms with Gasteiger partial charge in [-0.05, 0) is 20.3 Å². The molecule has 4 nitrogen and oxygen atoms in total. The molecule has 0 amide bonds. The molecule has 0 aromatic heterocycles. The van der Waals surface area contributed by atoms with E-state index in [1.54, 1.807) is 6.92 Å². The van der Waals surface area contributed by atoms with Crippen LogP contribution >= 0.6 is 0 Å². The minimum atomic E-state index is -0.963. The van der Waals surface area contributed by atoms with Crippen molar-refractivity contribution in [3.05, 3.63) is 0 Å². The summed E-state index contributed by atoms with van der Waals surface area (Å²) in [4.78, 5) is 11.4. The standard InChI is InChI=1S/C15H31NO3/c1-5-6-7-8-9-10-11-19-13(2)12-15(3,16)14(17)18-4/h13H,5-12,16H2,1-4H3. The SMILES string of the molecule is CCCCCCCCOC(C)CC(C)(N)C(=O)OC. The predicted octanol–water partition coefficient (Wildman–Crippen LogP) is 3.03. The zero-order valence-electron chi connectivity index (χ0n) is 13.0. The first-order chi connectivity index (χ1) is 8.94. The van der Waals surface area contributed by atoms with Gasteiger partial charge in [-0.1, -0.05) is 39.0 Å². The van der Waals surface area contributed by atoms with Crippen molar-refractivity contribution in [1.82, 2.24) is 0 Å². The van der Waals surface area contributed by atoms with Gasteiger partial charge in [-0.2, -0.15) is 0 Å². The normalized spacial score (nSPS) is 15.8. The molecule has 2 unspecified atom stereocenters. The van der Waals surface area contributed by atoms with E-state index in [1.807, 2.05) is 6.92 Å². The molecule has 0 aliphatic heterocycles. The minimum Gasteiger partial charge on any atom is -0.468 e. The maximum absolute atomic E-state index is 11.4. The number of methoxy groups -OCH3 is 1. The monoisotopic (exact) mass is 273 g/mol. The zero-order chi connectivity index (χ0) is 14.7. The van der Waals surface area contributed by atoms with Crippen molar-refractivity contribution in [2.24, 2.45) is 5.73 Å². The van der Waals surface area contributed by atoms with Crippen LogP contribution in [0.15, 0.2) is 0 Å². The van der Waals surface area contributed by atoms with E-state index in [4.69, 9.17) is 10.5 Å². The van der Waals surface area contributed by atoms with E-state index < -0.39 is 5.54 Å². The highest BCUT2D eigenvalue weighted by Gasteiger charge is 2.31. The van der Waals surface area contributed by atoms with E-state index in [-0.39, 0.29) is 12.1 Å². The summed E-state index contributed by atoms with van der Waals surface area (Å²) in [6, 6.07) is 0. The van der Waals surface area contributed by atoms with Crippen LogP contribution in [0.4, 0.5) is 0 Å². The molecule has 0 saturated heterocycles. The molecule has 4 heteroatoms. The third-order valence-electron chi connectivity index (χ3n) is 3.26. The van der Waals surface area contributed by atoms with Crippen LogP contribution in [0, 0.1) is 0 Å². The number of hydrogen-bond donors (Lipinski definition) is 1. The smallest absolute Gasteiger partial charge is 0.325 e. The molecule has 0 heterocycles. The Labute approximate surface area is 118 Å². The molecule has 0 radical (unpaired) electrons. The molecular weight excluding hydrogens is 242 g/mol. The first-order valence-electron chi connectivity index (χ1n) is 7.43. The second-order valence-corrected chi connectivity index (χ2v) is 5.56. The summed E-state index contributed by atoms with van der Waals surface area (Å²) >= 11 is 0. The van der Waals surface area contributed by atoms with Gasteiger partial charge in [-0.25, -0.2) is 0 Å². The third-order valence-corrected chi connectivity index (χ3v) is 3.26. The fraction of sp³-hybridized carbons (Fsp3) is 0.933. The van der Waals surface area contributed by atoms with Gasteiger partial charge in [-0.3, -0.25) is 4.79 Å². The van der Waals surface area contributed by atoms with Crippen LogP contribution in [0.1, 0.15) is 65.7 Å². The quantitative estimate of drug-likeness (QED) is 0.464. The number of carbonyl (C=O) groups is 1. The fourth-order valence-corrected chi connectivity index (χ4v) is 2.14. The van der Waals surface area contributed by atoms with Gasteiger partial charge in [0.25, 0.3) is 0 Å². The lowest BCUT2D eigenvalue weighted by molar-refractivity contribution is -0.147. The average Bonchev–Trinajstić information content (AvgIpc) is 2.36. The average molecular weight is 273 g/mol. The molecule has 0 rings (SSSR count). The van der Waals surface area contributed by atoms with Crippen LogP contribution < -0.4 is 5.73 Å². The second-order valence-electron chi connectivity index (χ2n) is 5.56. The fourth-order valence-electron chi connectivity index (χ4n) is 2.14. The van der Waals surface area contributed by atoms with E-state index in [0.717, 1.165) is 13.0 Å². The maximum Gasteiger partial charge on any atom is 0.325 e.